The molecule has 0 saturated carbocycles. The predicted molar refractivity (Wildman–Crippen MR) is 187 cm³/mol. The zero-order valence-electron chi connectivity index (χ0n) is 27.8. The molecule has 2 heterocycles. The number of nitrogens with zero attached hydrogens (tertiary/aromatic N) is 6. The molecule has 5 aromatic carbocycles. The standard InChI is InChI=1S/C38H10F12N6S2/c39-35(40,41)19-3-5-21(25(9-19)37(45,46)47)23-7-15-1-2-16-8-24(22-6-4-20(36(42,43)44)10-26(22)38(48,49)50)32-30(56-34(58-32)18(13-53)14-54)28(16)27(15)29-31(23)57-33(55-29)17(11-51)12-52/h1-10H. The third kappa shape index (κ3) is 6.56. The Morgan fingerprint density at radius 1 is 0.448 bits per heavy atom. The summed E-state index contributed by atoms with van der Waals surface area (Å²) in [5, 5.41) is 38.7. The van der Waals surface area contributed by atoms with Crippen LogP contribution in [0, 0.1) is 45.3 Å². The molecule has 0 bridgehead atoms. The third-order valence-electron chi connectivity index (χ3n) is 8.85. The van der Waals surface area contributed by atoms with E-state index in [0.717, 1.165) is 0 Å². The quantitative estimate of drug-likeness (QED) is 0.126. The van der Waals surface area contributed by atoms with E-state index >= 15 is 0 Å². The molecule has 0 atom stereocenters. The molecule has 0 aliphatic rings. The van der Waals surface area contributed by atoms with Gasteiger partial charge in [-0.05, 0) is 58.3 Å². The first-order valence-electron chi connectivity index (χ1n) is 15.7. The molecule has 58 heavy (non-hydrogen) atoms. The van der Waals surface area contributed by atoms with Gasteiger partial charge in [0.05, 0.1) is 42.7 Å². The number of nitriles is 4. The molecule has 6 nitrogen and oxygen atoms in total. The Hall–Kier alpha value is -6.74. The fourth-order valence-corrected chi connectivity index (χ4v) is 8.50. The normalized spacial score (nSPS) is 12.4. The first kappa shape index (κ1) is 39.5. The molecule has 0 spiro atoms. The summed E-state index contributed by atoms with van der Waals surface area (Å²) in [5.74, 6) is 0. The summed E-state index contributed by atoms with van der Waals surface area (Å²) >= 11 is 1.10. The second-order valence-electron chi connectivity index (χ2n) is 12.2. The average molecular weight is 843 g/mol. The van der Waals surface area contributed by atoms with E-state index < -0.39 is 69.2 Å². The van der Waals surface area contributed by atoms with Gasteiger partial charge in [0.1, 0.15) is 33.6 Å². The lowest BCUT2D eigenvalue weighted by molar-refractivity contribution is -0.144. The van der Waals surface area contributed by atoms with E-state index in [1.54, 1.807) is 24.3 Å². The summed E-state index contributed by atoms with van der Waals surface area (Å²) < 4.78 is 167. The number of hydrogen-bond donors (Lipinski definition) is 0. The summed E-state index contributed by atoms with van der Waals surface area (Å²) in [6.07, 6.45) is -21.0. The Morgan fingerprint density at radius 3 is 1.09 bits per heavy atom. The van der Waals surface area contributed by atoms with Crippen LogP contribution in [0.3, 0.4) is 0 Å². The SMILES string of the molecule is N#CC(C#N)=c1nc2c(s1)c(-c1ccc(C(F)(F)F)cc1C(F)(F)F)cc1ccc3cc(-c4ccc(C(F)(F)F)cc4C(F)(F)F)c4sc(=C(C#N)C#N)nc4c3c12. The highest BCUT2D eigenvalue weighted by Gasteiger charge is 2.40. The number of halogens is 12. The number of hydrogen-bond acceptors (Lipinski definition) is 8. The maximum atomic E-state index is 14.5. The molecule has 0 unspecified atom stereocenters. The lowest BCUT2D eigenvalue weighted by Gasteiger charge is -2.18. The monoisotopic (exact) mass is 842 g/mol. The zero-order valence-corrected chi connectivity index (χ0v) is 29.4. The molecule has 288 valence electrons. The van der Waals surface area contributed by atoms with Crippen LogP contribution in [0.15, 0.2) is 60.7 Å². The van der Waals surface area contributed by atoms with Crippen molar-refractivity contribution in [3.8, 4) is 46.5 Å². The highest BCUT2D eigenvalue weighted by atomic mass is 32.1. The highest BCUT2D eigenvalue weighted by Crippen LogP contribution is 2.49. The Balaban J connectivity index is 1.70. The third-order valence-corrected chi connectivity index (χ3v) is 11.1. The van der Waals surface area contributed by atoms with Crippen LogP contribution < -0.4 is 9.33 Å². The Morgan fingerprint density at radius 2 is 0.793 bits per heavy atom. The van der Waals surface area contributed by atoms with Gasteiger partial charge in [0, 0.05) is 21.9 Å². The van der Waals surface area contributed by atoms with Crippen molar-refractivity contribution in [2.24, 2.45) is 0 Å². The van der Waals surface area contributed by atoms with Gasteiger partial charge in [0.25, 0.3) is 0 Å². The van der Waals surface area contributed by atoms with Crippen LogP contribution in [-0.2, 0) is 24.7 Å². The number of aromatic nitrogens is 2. The van der Waals surface area contributed by atoms with Gasteiger partial charge in [-0.3, -0.25) is 0 Å². The van der Waals surface area contributed by atoms with Crippen molar-refractivity contribution in [1.82, 2.24) is 9.97 Å². The second kappa shape index (κ2) is 13.4. The number of rotatable bonds is 2. The summed E-state index contributed by atoms with van der Waals surface area (Å²) in [4.78, 5) is 8.79. The van der Waals surface area contributed by atoms with Crippen molar-refractivity contribution in [3.63, 3.8) is 0 Å². The molecule has 7 rings (SSSR count). The fraction of sp³-hybridized carbons (Fsp3) is 0.105. The van der Waals surface area contributed by atoms with E-state index in [0.29, 0.717) is 46.9 Å². The fourth-order valence-electron chi connectivity index (χ4n) is 6.41. The molecule has 20 heteroatoms. The number of benzene rings is 5. The highest BCUT2D eigenvalue weighted by molar-refractivity contribution is 7.18. The van der Waals surface area contributed by atoms with Crippen LogP contribution in [0.5, 0.6) is 0 Å². The molecule has 7 aromatic rings. The molecule has 0 aliphatic carbocycles. The van der Waals surface area contributed by atoms with Crippen LogP contribution in [0.25, 0.3) is 75.4 Å². The smallest absolute Gasteiger partial charge is 0.234 e. The molecule has 2 aromatic heterocycles. The molecular formula is C38H10F12N6S2. The lowest BCUT2D eigenvalue weighted by Crippen LogP contribution is -2.12. The first-order chi connectivity index (χ1) is 27.1. The second-order valence-corrected chi connectivity index (χ2v) is 14.2. The minimum Gasteiger partial charge on any atom is -0.234 e. The van der Waals surface area contributed by atoms with Crippen LogP contribution in [0.2, 0.25) is 0 Å². The summed E-state index contributed by atoms with van der Waals surface area (Å²) in [6, 6.07) is 13.3. The average Bonchev–Trinajstić information content (AvgIpc) is 3.79. The van der Waals surface area contributed by atoms with Crippen LogP contribution in [0.4, 0.5) is 52.7 Å². The molecule has 0 aliphatic heterocycles. The minimum atomic E-state index is -5.34. The predicted octanol–water partition coefficient (Wildman–Crippen LogP) is 11.0. The Labute approximate surface area is 322 Å². The molecule has 0 radical (unpaired) electrons. The van der Waals surface area contributed by atoms with Crippen molar-refractivity contribution in [2.45, 2.75) is 24.7 Å². The van der Waals surface area contributed by atoms with E-state index in [9.17, 15) is 73.7 Å². The van der Waals surface area contributed by atoms with Crippen molar-refractivity contribution in [2.75, 3.05) is 0 Å². The minimum absolute atomic E-state index is 0.0155. The lowest BCUT2D eigenvalue weighted by atomic mass is 9.90. The van der Waals surface area contributed by atoms with Crippen LogP contribution in [-0.4, -0.2) is 9.97 Å². The summed E-state index contributed by atoms with van der Waals surface area (Å²) in [5.41, 5.74) is -10.3. The van der Waals surface area contributed by atoms with Crippen LogP contribution >= 0.6 is 22.7 Å². The number of alkyl halides is 12. The zero-order chi connectivity index (χ0) is 42.3. The molecular weight excluding hydrogens is 833 g/mol. The topological polar surface area (TPSA) is 121 Å². The van der Waals surface area contributed by atoms with Crippen molar-refractivity contribution in [1.29, 1.82) is 21.0 Å². The first-order valence-corrected chi connectivity index (χ1v) is 17.3. The van der Waals surface area contributed by atoms with Crippen molar-refractivity contribution in [3.05, 3.63) is 92.2 Å². The van der Waals surface area contributed by atoms with Gasteiger partial charge in [-0.1, -0.05) is 24.3 Å². The van der Waals surface area contributed by atoms with Gasteiger partial charge in [-0.25, -0.2) is 9.97 Å². The van der Waals surface area contributed by atoms with E-state index in [4.69, 9.17) is 0 Å². The molecule has 0 fully saturated rings. The molecule has 0 N–H and O–H groups in total. The maximum absolute atomic E-state index is 14.5. The van der Waals surface area contributed by atoms with E-state index in [1.807, 2.05) is 0 Å². The Bertz CT molecular complexity index is 2980. The Kier molecular flexibility index (Phi) is 9.15. The van der Waals surface area contributed by atoms with E-state index in [2.05, 4.69) is 9.97 Å². The van der Waals surface area contributed by atoms with Gasteiger partial charge in [-0.15, -0.1) is 22.7 Å². The van der Waals surface area contributed by atoms with Gasteiger partial charge in [0.15, 0.2) is 11.1 Å². The van der Waals surface area contributed by atoms with Gasteiger partial charge in [0.2, 0.25) is 0 Å². The number of fused-ring (bicyclic) bond motifs is 7. The number of thiazole rings is 2. The molecule has 0 amide bonds. The summed E-state index contributed by atoms with van der Waals surface area (Å²) in [6.45, 7) is 0. The largest absolute Gasteiger partial charge is 0.417 e. The van der Waals surface area contributed by atoms with E-state index in [1.165, 1.54) is 24.3 Å². The maximum Gasteiger partial charge on any atom is 0.417 e. The van der Waals surface area contributed by atoms with Gasteiger partial charge in [-0.2, -0.15) is 73.7 Å². The molecule has 0 saturated heterocycles. The van der Waals surface area contributed by atoms with Crippen molar-refractivity contribution >= 4 is 75.8 Å². The summed E-state index contributed by atoms with van der Waals surface area (Å²) in [7, 11) is 0. The van der Waals surface area contributed by atoms with Crippen LogP contribution in [0.1, 0.15) is 22.3 Å². The van der Waals surface area contributed by atoms with Crippen molar-refractivity contribution < 1.29 is 52.7 Å². The van der Waals surface area contributed by atoms with Gasteiger partial charge < -0.3 is 0 Å². The van der Waals surface area contributed by atoms with Gasteiger partial charge >= 0.3 is 24.7 Å². The van der Waals surface area contributed by atoms with E-state index in [-0.39, 0.29) is 74.6 Å².